The van der Waals surface area contributed by atoms with E-state index in [0.717, 1.165) is 23.4 Å². The second kappa shape index (κ2) is 6.19. The molecule has 4 nitrogen and oxygen atoms in total. The zero-order valence-corrected chi connectivity index (χ0v) is 13.7. The van der Waals surface area contributed by atoms with Gasteiger partial charge in [-0.25, -0.2) is 8.78 Å². The third kappa shape index (κ3) is 3.11. The van der Waals surface area contributed by atoms with Crippen LogP contribution >= 0.6 is 11.6 Å². The fraction of sp³-hybridized carbons (Fsp3) is 0.438. The molecule has 2 atom stereocenters. The van der Waals surface area contributed by atoms with E-state index in [-0.39, 0.29) is 5.56 Å². The normalized spacial score (nSPS) is 22.0. The fourth-order valence-corrected chi connectivity index (χ4v) is 3.44. The lowest BCUT2D eigenvalue weighted by Crippen LogP contribution is -2.25. The van der Waals surface area contributed by atoms with Crippen molar-refractivity contribution in [3.8, 4) is 0 Å². The summed E-state index contributed by atoms with van der Waals surface area (Å²) in [6.07, 6.45) is -0.226. The van der Waals surface area contributed by atoms with Crippen LogP contribution in [0.3, 0.4) is 0 Å². The van der Waals surface area contributed by atoms with E-state index < -0.39 is 23.8 Å². The van der Waals surface area contributed by atoms with Gasteiger partial charge in [0.15, 0.2) is 0 Å². The van der Waals surface area contributed by atoms with Crippen LogP contribution in [0.5, 0.6) is 0 Å². The highest BCUT2D eigenvalue weighted by Gasteiger charge is 2.34. The average molecular weight is 342 g/mol. The molecule has 3 rings (SSSR count). The van der Waals surface area contributed by atoms with Crippen molar-refractivity contribution in [3.05, 3.63) is 51.8 Å². The summed E-state index contributed by atoms with van der Waals surface area (Å²) < 4.78 is 29.2. The van der Waals surface area contributed by atoms with Gasteiger partial charge in [-0.2, -0.15) is 5.10 Å². The highest BCUT2D eigenvalue weighted by Crippen LogP contribution is 2.36. The zero-order chi connectivity index (χ0) is 16.7. The maximum atomic E-state index is 14.1. The molecule has 23 heavy (non-hydrogen) atoms. The van der Waals surface area contributed by atoms with E-state index in [1.807, 2.05) is 11.8 Å². The van der Waals surface area contributed by atoms with Crippen LogP contribution in [0.25, 0.3) is 0 Å². The fourth-order valence-electron chi connectivity index (χ4n) is 3.20. The van der Waals surface area contributed by atoms with Crippen molar-refractivity contribution in [1.29, 1.82) is 0 Å². The Morgan fingerprint density at radius 2 is 2.13 bits per heavy atom. The summed E-state index contributed by atoms with van der Waals surface area (Å²) in [5.74, 6) is -0.956. The second-order valence-corrected chi connectivity index (χ2v) is 6.34. The average Bonchev–Trinajstić information content (AvgIpc) is 2.97. The number of aliphatic hydroxyl groups is 1. The predicted octanol–water partition coefficient (Wildman–Crippen LogP) is 2.97. The Bertz CT molecular complexity index is 734. The maximum absolute atomic E-state index is 14.1. The van der Waals surface area contributed by atoms with Gasteiger partial charge in [0.2, 0.25) is 0 Å². The smallest absolute Gasteiger partial charge is 0.131 e. The quantitative estimate of drug-likeness (QED) is 0.933. The lowest BCUT2D eigenvalue weighted by Gasteiger charge is -2.24. The van der Waals surface area contributed by atoms with Crippen molar-refractivity contribution in [3.63, 3.8) is 0 Å². The Morgan fingerprint density at radius 3 is 2.78 bits per heavy atom. The van der Waals surface area contributed by atoms with E-state index in [1.54, 1.807) is 11.7 Å². The van der Waals surface area contributed by atoms with E-state index in [2.05, 4.69) is 5.10 Å². The first-order valence-corrected chi connectivity index (χ1v) is 7.79. The molecular weight excluding hydrogens is 324 g/mol. The minimum atomic E-state index is -0.585. The number of β-amino-alcohol motifs (C(OH)–C–C–N with tert-alkyl or cyclic N) is 1. The summed E-state index contributed by atoms with van der Waals surface area (Å²) in [7, 11) is 1.75. The van der Waals surface area contributed by atoms with Crippen LogP contribution in [0.4, 0.5) is 8.78 Å². The molecule has 1 aliphatic rings. The van der Waals surface area contributed by atoms with E-state index in [1.165, 1.54) is 6.07 Å². The Morgan fingerprint density at radius 1 is 1.39 bits per heavy atom. The summed E-state index contributed by atoms with van der Waals surface area (Å²) in [5.41, 5.74) is 1.89. The number of nitrogens with zero attached hydrogens (tertiary/aromatic N) is 3. The molecule has 0 amide bonds. The molecule has 0 bridgehead atoms. The summed E-state index contributed by atoms with van der Waals surface area (Å²) >= 11 is 6.26. The van der Waals surface area contributed by atoms with E-state index >= 15 is 0 Å². The summed E-state index contributed by atoms with van der Waals surface area (Å²) in [4.78, 5) is 1.92. The number of likely N-dealkylation sites (tertiary alicyclic amines) is 1. The first kappa shape index (κ1) is 16.4. The standard InChI is InChI=1S/C16H18ClF2N3O/c1-9-13(16(17)21(2)20-9)8-22-7-11(23)6-15(22)12-5-10(18)3-4-14(12)19/h3-5,11,15,23H,6-8H2,1-2H3/t11-,15-/m1/s1. The lowest BCUT2D eigenvalue weighted by molar-refractivity contribution is 0.172. The number of halogens is 3. The number of aryl methyl sites for hydroxylation is 2. The Hall–Kier alpha value is -1.50. The summed E-state index contributed by atoms with van der Waals surface area (Å²) in [6.45, 7) is 2.66. The summed E-state index contributed by atoms with van der Waals surface area (Å²) in [6, 6.07) is 3.02. The molecule has 0 unspecified atom stereocenters. The van der Waals surface area contributed by atoms with Gasteiger partial charge in [-0.05, 0) is 31.5 Å². The molecule has 0 radical (unpaired) electrons. The van der Waals surface area contributed by atoms with Crippen molar-refractivity contribution in [2.45, 2.75) is 32.0 Å². The van der Waals surface area contributed by atoms with Crippen LogP contribution in [-0.4, -0.2) is 32.4 Å². The minimum absolute atomic E-state index is 0.263. The van der Waals surface area contributed by atoms with Crippen LogP contribution in [-0.2, 0) is 13.6 Å². The molecule has 2 aromatic rings. The number of hydrogen-bond acceptors (Lipinski definition) is 3. The molecule has 1 aliphatic heterocycles. The van der Waals surface area contributed by atoms with E-state index in [9.17, 15) is 13.9 Å². The van der Waals surface area contributed by atoms with Crippen LogP contribution in [0.15, 0.2) is 18.2 Å². The van der Waals surface area contributed by atoms with Gasteiger partial charge in [0.25, 0.3) is 0 Å². The molecule has 2 heterocycles. The first-order valence-electron chi connectivity index (χ1n) is 7.42. The van der Waals surface area contributed by atoms with Crippen molar-refractivity contribution in [1.82, 2.24) is 14.7 Å². The Balaban J connectivity index is 1.92. The number of aromatic nitrogens is 2. The molecule has 1 saturated heterocycles. The molecule has 1 aromatic heterocycles. The third-order valence-corrected chi connectivity index (χ3v) is 4.80. The largest absolute Gasteiger partial charge is 0.392 e. The molecule has 1 aromatic carbocycles. The number of hydrogen-bond donors (Lipinski definition) is 1. The highest BCUT2D eigenvalue weighted by molar-refractivity contribution is 6.30. The van der Waals surface area contributed by atoms with Crippen molar-refractivity contribution in [2.75, 3.05) is 6.54 Å². The Labute approximate surface area is 138 Å². The van der Waals surface area contributed by atoms with Crippen LogP contribution in [0.2, 0.25) is 5.15 Å². The monoisotopic (exact) mass is 341 g/mol. The molecule has 124 valence electrons. The Kier molecular flexibility index (Phi) is 4.40. The molecule has 0 aliphatic carbocycles. The minimum Gasteiger partial charge on any atom is -0.392 e. The van der Waals surface area contributed by atoms with Crippen LogP contribution in [0, 0.1) is 18.6 Å². The van der Waals surface area contributed by atoms with Gasteiger partial charge in [0.05, 0.1) is 11.8 Å². The van der Waals surface area contributed by atoms with Crippen molar-refractivity contribution >= 4 is 11.6 Å². The molecule has 7 heteroatoms. The number of rotatable bonds is 3. The van der Waals surface area contributed by atoms with E-state index in [4.69, 9.17) is 11.6 Å². The molecule has 0 saturated carbocycles. The molecule has 1 fully saturated rings. The second-order valence-electron chi connectivity index (χ2n) is 5.98. The van der Waals surface area contributed by atoms with Crippen LogP contribution < -0.4 is 0 Å². The molecule has 1 N–H and O–H groups in total. The van der Waals surface area contributed by atoms with Gasteiger partial charge in [0.1, 0.15) is 16.8 Å². The van der Waals surface area contributed by atoms with E-state index in [0.29, 0.717) is 24.7 Å². The molecular formula is C16H18ClF2N3O. The first-order chi connectivity index (χ1) is 10.9. The maximum Gasteiger partial charge on any atom is 0.131 e. The van der Waals surface area contributed by atoms with Crippen molar-refractivity contribution < 1.29 is 13.9 Å². The van der Waals surface area contributed by atoms with Gasteiger partial charge in [-0.1, -0.05) is 11.6 Å². The highest BCUT2D eigenvalue weighted by atomic mass is 35.5. The topological polar surface area (TPSA) is 41.3 Å². The third-order valence-electron chi connectivity index (χ3n) is 4.33. The van der Waals surface area contributed by atoms with Gasteiger partial charge in [-0.15, -0.1) is 0 Å². The SMILES string of the molecule is Cc1nn(C)c(Cl)c1CN1C[C@H](O)C[C@@H]1c1cc(F)ccc1F. The van der Waals surface area contributed by atoms with Gasteiger partial charge in [0, 0.05) is 37.3 Å². The predicted molar refractivity (Wildman–Crippen MR) is 83.1 cm³/mol. The van der Waals surface area contributed by atoms with Gasteiger partial charge < -0.3 is 5.11 Å². The van der Waals surface area contributed by atoms with Crippen LogP contribution in [0.1, 0.15) is 29.3 Å². The summed E-state index contributed by atoms with van der Waals surface area (Å²) in [5, 5.41) is 14.8. The van der Waals surface area contributed by atoms with Gasteiger partial charge in [-0.3, -0.25) is 9.58 Å². The zero-order valence-electron chi connectivity index (χ0n) is 12.9. The number of aliphatic hydroxyl groups excluding tert-OH is 1. The number of benzene rings is 1. The lowest BCUT2D eigenvalue weighted by atomic mass is 10.0. The van der Waals surface area contributed by atoms with Crippen molar-refractivity contribution in [2.24, 2.45) is 7.05 Å². The van der Waals surface area contributed by atoms with Gasteiger partial charge >= 0.3 is 0 Å². The molecule has 0 spiro atoms.